The van der Waals surface area contributed by atoms with Crippen molar-refractivity contribution >= 4 is 0 Å². The van der Waals surface area contributed by atoms with Crippen LogP contribution in [0.25, 0.3) is 0 Å². The van der Waals surface area contributed by atoms with Gasteiger partial charge in [-0.15, -0.1) is 0 Å². The number of allylic oxidation sites excluding steroid dienone is 1. The third kappa shape index (κ3) is 2.84. The van der Waals surface area contributed by atoms with Gasteiger partial charge in [-0.2, -0.15) is 0 Å². The van der Waals surface area contributed by atoms with Crippen LogP contribution in [-0.4, -0.2) is 17.3 Å². The highest BCUT2D eigenvalue weighted by Crippen LogP contribution is 2.32. The van der Waals surface area contributed by atoms with Crippen LogP contribution in [0.3, 0.4) is 0 Å². The molecule has 1 aromatic rings. The minimum atomic E-state index is -0.439. The lowest BCUT2D eigenvalue weighted by Crippen LogP contribution is -2.32. The predicted molar refractivity (Wildman–Crippen MR) is 76.4 cm³/mol. The highest BCUT2D eigenvalue weighted by atomic mass is 16.5. The molecule has 1 heterocycles. The number of fused-ring (bicyclic) bond motifs is 1. The smallest absolute Gasteiger partial charge is 0.132 e. The summed E-state index contributed by atoms with van der Waals surface area (Å²) in [5.41, 5.74) is 2.41. The number of hydrogen-bond acceptors (Lipinski definition) is 2. The quantitative estimate of drug-likeness (QED) is 0.821. The van der Waals surface area contributed by atoms with E-state index in [-0.39, 0.29) is 6.10 Å². The van der Waals surface area contributed by atoms with E-state index < -0.39 is 6.10 Å². The van der Waals surface area contributed by atoms with Crippen molar-refractivity contribution in [2.45, 2.75) is 57.2 Å². The highest BCUT2D eigenvalue weighted by Gasteiger charge is 2.30. The Morgan fingerprint density at radius 2 is 1.95 bits per heavy atom. The molecule has 0 saturated heterocycles. The molecule has 102 valence electrons. The second-order valence-corrected chi connectivity index (χ2v) is 5.64. The standard InChI is InChI=1S/C17H22O2/c18-17(13-8-4-2-1-3-5-9-13)16-12-14-10-6-7-11-15(14)19-16/h6-8,10-11,16-18H,1-5,9,12H2/b13-8+. The first-order valence-corrected chi connectivity index (χ1v) is 7.46. The van der Waals surface area contributed by atoms with Gasteiger partial charge in [-0.3, -0.25) is 0 Å². The number of rotatable bonds is 2. The topological polar surface area (TPSA) is 29.5 Å². The lowest BCUT2D eigenvalue weighted by atomic mass is 9.92. The minimum absolute atomic E-state index is 0.0944. The Kier molecular flexibility index (Phi) is 3.88. The van der Waals surface area contributed by atoms with Crippen molar-refractivity contribution in [3.8, 4) is 5.75 Å². The predicted octanol–water partition coefficient (Wildman–Crippen LogP) is 3.63. The second-order valence-electron chi connectivity index (χ2n) is 5.64. The molecule has 0 radical (unpaired) electrons. The molecular weight excluding hydrogens is 236 g/mol. The minimum Gasteiger partial charge on any atom is -0.487 e. The van der Waals surface area contributed by atoms with Crippen molar-refractivity contribution in [1.29, 1.82) is 0 Å². The van der Waals surface area contributed by atoms with Gasteiger partial charge in [0.1, 0.15) is 18.0 Å². The largest absolute Gasteiger partial charge is 0.487 e. The molecule has 0 fully saturated rings. The van der Waals surface area contributed by atoms with Gasteiger partial charge < -0.3 is 9.84 Å². The Morgan fingerprint density at radius 1 is 1.11 bits per heavy atom. The molecule has 1 aromatic carbocycles. The molecule has 2 aliphatic rings. The number of aliphatic hydroxyl groups is 1. The Hall–Kier alpha value is -1.28. The van der Waals surface area contributed by atoms with Crippen molar-refractivity contribution in [2.24, 2.45) is 0 Å². The van der Waals surface area contributed by atoms with Gasteiger partial charge in [0.25, 0.3) is 0 Å². The summed E-state index contributed by atoms with van der Waals surface area (Å²) in [5.74, 6) is 0.943. The van der Waals surface area contributed by atoms with Gasteiger partial charge in [-0.25, -0.2) is 0 Å². The summed E-state index contributed by atoms with van der Waals surface area (Å²) in [6, 6.07) is 8.11. The number of para-hydroxylation sites is 1. The van der Waals surface area contributed by atoms with E-state index in [0.717, 1.165) is 25.0 Å². The van der Waals surface area contributed by atoms with E-state index in [2.05, 4.69) is 12.1 Å². The summed E-state index contributed by atoms with van der Waals surface area (Å²) >= 11 is 0. The Labute approximate surface area is 115 Å². The van der Waals surface area contributed by atoms with Crippen LogP contribution in [0.5, 0.6) is 5.75 Å². The molecule has 0 amide bonds. The van der Waals surface area contributed by atoms with Gasteiger partial charge in [0, 0.05) is 6.42 Å². The third-order valence-electron chi connectivity index (χ3n) is 4.23. The first-order chi connectivity index (χ1) is 9.34. The molecule has 0 aromatic heterocycles. The zero-order valence-corrected chi connectivity index (χ0v) is 11.3. The lowest BCUT2D eigenvalue weighted by molar-refractivity contribution is 0.0717. The normalized spacial score (nSPS) is 27.4. The summed E-state index contributed by atoms with van der Waals surface area (Å²) in [6.45, 7) is 0. The number of hydrogen-bond donors (Lipinski definition) is 1. The van der Waals surface area contributed by atoms with Crippen molar-refractivity contribution < 1.29 is 9.84 Å². The van der Waals surface area contributed by atoms with Gasteiger partial charge in [0.05, 0.1) is 0 Å². The van der Waals surface area contributed by atoms with E-state index in [4.69, 9.17) is 4.74 Å². The fourth-order valence-corrected chi connectivity index (χ4v) is 3.11. The summed E-state index contributed by atoms with van der Waals surface area (Å²) in [7, 11) is 0. The van der Waals surface area contributed by atoms with E-state index in [0.29, 0.717) is 0 Å². The Bertz CT molecular complexity index is 439. The third-order valence-corrected chi connectivity index (χ3v) is 4.23. The maximum absolute atomic E-state index is 10.6. The summed E-state index contributed by atoms with van der Waals surface area (Å²) in [4.78, 5) is 0. The van der Waals surface area contributed by atoms with Crippen molar-refractivity contribution in [3.63, 3.8) is 0 Å². The lowest BCUT2D eigenvalue weighted by Gasteiger charge is -2.22. The fourth-order valence-electron chi connectivity index (χ4n) is 3.11. The Morgan fingerprint density at radius 3 is 2.84 bits per heavy atom. The second kappa shape index (κ2) is 5.79. The monoisotopic (exact) mass is 258 g/mol. The number of aliphatic hydroxyl groups excluding tert-OH is 1. The Balaban J connectivity index is 1.70. The molecule has 1 aliphatic heterocycles. The molecule has 0 spiro atoms. The molecule has 2 nitrogen and oxygen atoms in total. The molecule has 0 saturated carbocycles. The van der Waals surface area contributed by atoms with Crippen molar-refractivity contribution in [2.75, 3.05) is 0 Å². The van der Waals surface area contributed by atoms with Crippen LogP contribution in [0.4, 0.5) is 0 Å². The molecule has 2 atom stereocenters. The fraction of sp³-hybridized carbons (Fsp3) is 0.529. The molecule has 19 heavy (non-hydrogen) atoms. The molecule has 0 bridgehead atoms. The van der Waals surface area contributed by atoms with E-state index in [1.54, 1.807) is 0 Å². The summed E-state index contributed by atoms with van der Waals surface area (Å²) < 4.78 is 5.90. The van der Waals surface area contributed by atoms with Gasteiger partial charge >= 0.3 is 0 Å². The highest BCUT2D eigenvalue weighted by molar-refractivity contribution is 5.38. The van der Waals surface area contributed by atoms with E-state index in [9.17, 15) is 5.11 Å². The summed E-state index contributed by atoms with van der Waals surface area (Å²) in [6.07, 6.45) is 9.73. The van der Waals surface area contributed by atoms with Crippen LogP contribution in [0.15, 0.2) is 35.9 Å². The van der Waals surface area contributed by atoms with E-state index in [1.807, 2.05) is 18.2 Å². The van der Waals surface area contributed by atoms with Crippen LogP contribution in [0.2, 0.25) is 0 Å². The molecule has 3 rings (SSSR count). The SMILES string of the molecule is OC(/C1=C/CCCCCC1)C1Cc2ccccc2O1. The number of benzene rings is 1. The molecule has 2 heteroatoms. The van der Waals surface area contributed by atoms with Crippen LogP contribution in [0, 0.1) is 0 Å². The maximum atomic E-state index is 10.6. The van der Waals surface area contributed by atoms with E-state index in [1.165, 1.54) is 36.8 Å². The zero-order valence-electron chi connectivity index (χ0n) is 11.3. The average Bonchev–Trinajstić information content (AvgIpc) is 2.81. The maximum Gasteiger partial charge on any atom is 0.132 e. The van der Waals surface area contributed by atoms with Crippen molar-refractivity contribution in [1.82, 2.24) is 0 Å². The average molecular weight is 258 g/mol. The first kappa shape index (κ1) is 12.7. The van der Waals surface area contributed by atoms with Gasteiger partial charge in [-0.05, 0) is 42.9 Å². The molecule has 1 aliphatic carbocycles. The van der Waals surface area contributed by atoms with E-state index >= 15 is 0 Å². The van der Waals surface area contributed by atoms with Crippen LogP contribution >= 0.6 is 0 Å². The molecular formula is C17H22O2. The van der Waals surface area contributed by atoms with Crippen LogP contribution in [0.1, 0.15) is 44.1 Å². The van der Waals surface area contributed by atoms with Crippen LogP contribution < -0.4 is 4.74 Å². The van der Waals surface area contributed by atoms with Gasteiger partial charge in [0.2, 0.25) is 0 Å². The van der Waals surface area contributed by atoms with Crippen molar-refractivity contribution in [3.05, 3.63) is 41.5 Å². The molecule has 2 unspecified atom stereocenters. The zero-order chi connectivity index (χ0) is 13.1. The summed E-state index contributed by atoms with van der Waals surface area (Å²) in [5, 5.41) is 10.6. The first-order valence-electron chi connectivity index (χ1n) is 7.46. The molecule has 1 N–H and O–H groups in total. The van der Waals surface area contributed by atoms with Gasteiger partial charge in [0.15, 0.2) is 0 Å². The number of ether oxygens (including phenoxy) is 1. The van der Waals surface area contributed by atoms with Crippen LogP contribution in [-0.2, 0) is 6.42 Å². The van der Waals surface area contributed by atoms with Gasteiger partial charge in [-0.1, -0.05) is 37.1 Å².